The Bertz CT molecular complexity index is 692. The maximum Gasteiger partial charge on any atom is 0.340 e. The van der Waals surface area contributed by atoms with E-state index in [9.17, 15) is 4.79 Å². The normalized spacial score (nSPS) is 20.2. The minimum atomic E-state index is -0.858. The van der Waals surface area contributed by atoms with Crippen molar-refractivity contribution in [3.05, 3.63) is 71.3 Å². The number of rotatable bonds is 0. The van der Waals surface area contributed by atoms with E-state index in [4.69, 9.17) is 4.74 Å². The number of fused-ring (bicyclic) bond motifs is 1. The predicted molar refractivity (Wildman–Crippen MR) is 72.5 cm³/mol. The molecule has 2 nitrogen and oxygen atoms in total. The third-order valence-corrected chi connectivity index (χ3v) is 3.18. The first-order chi connectivity index (χ1) is 9.19. The highest BCUT2D eigenvalue weighted by Gasteiger charge is 2.40. The van der Waals surface area contributed by atoms with Crippen molar-refractivity contribution in [2.24, 2.45) is 0 Å². The van der Waals surface area contributed by atoms with Crippen LogP contribution >= 0.6 is 0 Å². The first kappa shape index (κ1) is 11.6. The molecule has 1 heterocycles. The molecule has 19 heavy (non-hydrogen) atoms. The van der Waals surface area contributed by atoms with Crippen LogP contribution in [0.1, 0.15) is 28.4 Å². The van der Waals surface area contributed by atoms with Gasteiger partial charge in [-0.05, 0) is 31.0 Å². The molecule has 0 amide bonds. The molecule has 1 aliphatic rings. The van der Waals surface area contributed by atoms with Crippen LogP contribution in [0.4, 0.5) is 0 Å². The lowest BCUT2D eigenvalue weighted by molar-refractivity contribution is 0.0240. The molecule has 0 spiro atoms. The molecule has 2 heteroatoms. The van der Waals surface area contributed by atoms with Gasteiger partial charge >= 0.3 is 5.97 Å². The van der Waals surface area contributed by atoms with Crippen molar-refractivity contribution in [2.75, 3.05) is 0 Å². The Morgan fingerprint density at radius 1 is 1.00 bits per heavy atom. The standard InChI is InChI=1S/C17H12O2/c1-17(12-11-13-7-3-2-4-8-13)15-10-6-5-9-14(15)16(18)19-17/h2-10H,1H3/t17-/m1/s1. The predicted octanol–water partition coefficient (Wildman–Crippen LogP) is 3.12. The summed E-state index contributed by atoms with van der Waals surface area (Å²) in [5.74, 6) is 5.82. The van der Waals surface area contributed by atoms with E-state index in [1.807, 2.05) is 55.5 Å². The van der Waals surface area contributed by atoms with Crippen molar-refractivity contribution in [3.8, 4) is 11.8 Å². The second-order valence-electron chi connectivity index (χ2n) is 4.58. The van der Waals surface area contributed by atoms with Gasteiger partial charge in [-0.3, -0.25) is 0 Å². The molecule has 2 aromatic carbocycles. The van der Waals surface area contributed by atoms with Crippen LogP contribution < -0.4 is 0 Å². The lowest BCUT2D eigenvalue weighted by atomic mass is 9.94. The van der Waals surface area contributed by atoms with E-state index in [1.165, 1.54) is 0 Å². The molecular formula is C17H12O2. The van der Waals surface area contributed by atoms with Crippen LogP contribution in [-0.2, 0) is 10.3 Å². The van der Waals surface area contributed by atoms with Gasteiger partial charge in [-0.25, -0.2) is 4.79 Å². The Hall–Kier alpha value is -2.53. The number of cyclic esters (lactones) is 1. The molecule has 0 bridgehead atoms. The molecule has 0 saturated carbocycles. The molecule has 1 atom stereocenters. The van der Waals surface area contributed by atoms with Crippen LogP contribution in [0.15, 0.2) is 54.6 Å². The number of carbonyl (C=O) groups is 1. The summed E-state index contributed by atoms with van der Waals surface area (Å²) < 4.78 is 5.43. The fourth-order valence-electron chi connectivity index (χ4n) is 2.18. The van der Waals surface area contributed by atoms with E-state index in [-0.39, 0.29) is 5.97 Å². The Kier molecular flexibility index (Phi) is 2.61. The van der Waals surface area contributed by atoms with Crippen molar-refractivity contribution in [1.82, 2.24) is 0 Å². The van der Waals surface area contributed by atoms with Crippen LogP contribution in [0, 0.1) is 11.8 Å². The zero-order chi connectivity index (χ0) is 13.3. The summed E-state index contributed by atoms with van der Waals surface area (Å²) in [7, 11) is 0. The number of esters is 1. The number of hydrogen-bond acceptors (Lipinski definition) is 2. The van der Waals surface area contributed by atoms with E-state index < -0.39 is 5.60 Å². The topological polar surface area (TPSA) is 26.3 Å². The number of benzene rings is 2. The van der Waals surface area contributed by atoms with Gasteiger partial charge in [0.05, 0.1) is 5.56 Å². The average Bonchev–Trinajstić information content (AvgIpc) is 2.71. The quantitative estimate of drug-likeness (QED) is 0.529. The van der Waals surface area contributed by atoms with E-state index in [1.54, 1.807) is 6.07 Å². The van der Waals surface area contributed by atoms with Gasteiger partial charge in [-0.1, -0.05) is 42.3 Å². The van der Waals surface area contributed by atoms with Crippen molar-refractivity contribution < 1.29 is 9.53 Å². The maximum absolute atomic E-state index is 11.8. The van der Waals surface area contributed by atoms with Crippen molar-refractivity contribution in [2.45, 2.75) is 12.5 Å². The second-order valence-corrected chi connectivity index (χ2v) is 4.58. The Morgan fingerprint density at radius 2 is 1.68 bits per heavy atom. The van der Waals surface area contributed by atoms with Gasteiger partial charge in [-0.15, -0.1) is 0 Å². The van der Waals surface area contributed by atoms with E-state index in [0.29, 0.717) is 5.56 Å². The van der Waals surface area contributed by atoms with Crippen molar-refractivity contribution >= 4 is 5.97 Å². The van der Waals surface area contributed by atoms with Gasteiger partial charge in [0.25, 0.3) is 0 Å². The van der Waals surface area contributed by atoms with Crippen LogP contribution in [0.25, 0.3) is 0 Å². The van der Waals surface area contributed by atoms with E-state index in [2.05, 4.69) is 11.8 Å². The highest BCUT2D eigenvalue weighted by molar-refractivity contribution is 5.95. The lowest BCUT2D eigenvalue weighted by Gasteiger charge is -2.16. The molecule has 0 fully saturated rings. The van der Waals surface area contributed by atoms with Crippen LogP contribution in [0.5, 0.6) is 0 Å². The number of carbonyl (C=O) groups excluding carboxylic acids is 1. The first-order valence-corrected chi connectivity index (χ1v) is 6.10. The summed E-state index contributed by atoms with van der Waals surface area (Å²) in [4.78, 5) is 11.8. The Morgan fingerprint density at radius 3 is 2.47 bits per heavy atom. The van der Waals surface area contributed by atoms with E-state index in [0.717, 1.165) is 11.1 Å². The molecule has 1 aliphatic heterocycles. The summed E-state index contributed by atoms with van der Waals surface area (Å²) in [6, 6.07) is 17.0. The Balaban J connectivity index is 2.03. The minimum absolute atomic E-state index is 0.305. The van der Waals surface area contributed by atoms with E-state index >= 15 is 0 Å². The van der Waals surface area contributed by atoms with Crippen LogP contribution in [-0.4, -0.2) is 5.97 Å². The fraction of sp³-hybridized carbons (Fsp3) is 0.118. The molecule has 0 saturated heterocycles. The summed E-state index contributed by atoms with van der Waals surface area (Å²) in [6.45, 7) is 1.83. The molecule has 0 aromatic heterocycles. The zero-order valence-corrected chi connectivity index (χ0v) is 10.5. The minimum Gasteiger partial charge on any atom is -0.438 e. The number of hydrogen-bond donors (Lipinski definition) is 0. The van der Waals surface area contributed by atoms with Gasteiger partial charge in [0.2, 0.25) is 0 Å². The molecule has 3 rings (SSSR count). The molecule has 0 N–H and O–H groups in total. The third-order valence-electron chi connectivity index (χ3n) is 3.18. The monoisotopic (exact) mass is 248 g/mol. The van der Waals surface area contributed by atoms with Gasteiger partial charge in [0.15, 0.2) is 5.60 Å². The highest BCUT2D eigenvalue weighted by Crippen LogP contribution is 2.35. The summed E-state index contributed by atoms with van der Waals surface area (Å²) in [6.07, 6.45) is 0. The number of ether oxygens (including phenoxy) is 1. The smallest absolute Gasteiger partial charge is 0.340 e. The Labute approximate surface area is 112 Å². The zero-order valence-electron chi connectivity index (χ0n) is 10.5. The maximum atomic E-state index is 11.8. The fourth-order valence-corrected chi connectivity index (χ4v) is 2.18. The van der Waals surface area contributed by atoms with Gasteiger partial charge in [-0.2, -0.15) is 0 Å². The highest BCUT2D eigenvalue weighted by atomic mass is 16.6. The van der Waals surface area contributed by atoms with Gasteiger partial charge in [0, 0.05) is 11.1 Å². The van der Waals surface area contributed by atoms with Gasteiger partial charge < -0.3 is 4.74 Å². The molecule has 0 aliphatic carbocycles. The molecule has 0 radical (unpaired) electrons. The van der Waals surface area contributed by atoms with Crippen molar-refractivity contribution in [1.29, 1.82) is 0 Å². The lowest BCUT2D eigenvalue weighted by Crippen LogP contribution is -2.19. The first-order valence-electron chi connectivity index (χ1n) is 6.10. The molecular weight excluding hydrogens is 236 g/mol. The van der Waals surface area contributed by atoms with Gasteiger partial charge in [0.1, 0.15) is 0 Å². The summed E-state index contributed by atoms with van der Waals surface area (Å²) >= 11 is 0. The largest absolute Gasteiger partial charge is 0.438 e. The van der Waals surface area contributed by atoms with Crippen molar-refractivity contribution in [3.63, 3.8) is 0 Å². The molecule has 0 unspecified atom stereocenters. The molecule has 2 aromatic rings. The average molecular weight is 248 g/mol. The van der Waals surface area contributed by atoms with Crippen LogP contribution in [0.2, 0.25) is 0 Å². The van der Waals surface area contributed by atoms with Crippen LogP contribution in [0.3, 0.4) is 0 Å². The third kappa shape index (κ3) is 2.00. The molecule has 92 valence electrons. The summed E-state index contributed by atoms with van der Waals surface area (Å²) in [5.41, 5.74) is 1.49. The second kappa shape index (κ2) is 4.29. The summed E-state index contributed by atoms with van der Waals surface area (Å²) in [5, 5.41) is 0. The SMILES string of the molecule is C[C@]1(C#Cc2ccccc2)OC(=O)c2ccccc21.